The van der Waals surface area contributed by atoms with Gasteiger partial charge in [-0.3, -0.25) is 4.79 Å². The molecule has 9 heteroatoms. The van der Waals surface area contributed by atoms with Crippen molar-refractivity contribution in [3.63, 3.8) is 0 Å². The predicted molar refractivity (Wildman–Crippen MR) is 96.9 cm³/mol. The minimum absolute atomic E-state index is 0.0401. The van der Waals surface area contributed by atoms with Crippen LogP contribution in [0.5, 0.6) is 0 Å². The molecule has 2 unspecified atom stereocenters. The lowest BCUT2D eigenvalue weighted by Gasteiger charge is -2.19. The Balaban J connectivity index is 1.84. The summed E-state index contributed by atoms with van der Waals surface area (Å²) in [5.74, 6) is -1.30. The summed E-state index contributed by atoms with van der Waals surface area (Å²) in [5.41, 5.74) is 0.613. The van der Waals surface area contributed by atoms with Crippen LogP contribution in [0.3, 0.4) is 0 Å². The number of imidazole rings is 1. The fourth-order valence-electron chi connectivity index (χ4n) is 3.47. The highest BCUT2D eigenvalue weighted by Gasteiger charge is 2.37. The van der Waals surface area contributed by atoms with Crippen molar-refractivity contribution < 1.29 is 27.5 Å². The molecule has 0 N–H and O–H groups in total. The Morgan fingerprint density at radius 1 is 1.37 bits per heavy atom. The monoisotopic (exact) mass is 398 g/mol. The van der Waals surface area contributed by atoms with E-state index in [4.69, 9.17) is 9.47 Å². The highest BCUT2D eigenvalue weighted by atomic mass is 32.2. The van der Waals surface area contributed by atoms with E-state index < -0.39 is 22.0 Å². The quantitative estimate of drug-likeness (QED) is 0.432. The Hall–Kier alpha value is -1.58. The summed E-state index contributed by atoms with van der Waals surface area (Å²) in [4.78, 5) is 28.8. The second-order valence-electron chi connectivity index (χ2n) is 7.27. The first-order valence-corrected chi connectivity index (χ1v) is 11.1. The lowest BCUT2D eigenvalue weighted by atomic mass is 9.90. The molecule has 2 heterocycles. The van der Waals surface area contributed by atoms with E-state index in [1.807, 2.05) is 0 Å². The maximum atomic E-state index is 13.1. The van der Waals surface area contributed by atoms with Gasteiger partial charge in [-0.05, 0) is 25.2 Å². The van der Waals surface area contributed by atoms with E-state index in [2.05, 4.69) is 4.98 Å². The number of hydrogen-bond donors (Lipinski definition) is 0. The van der Waals surface area contributed by atoms with E-state index in [1.54, 1.807) is 18.5 Å². The van der Waals surface area contributed by atoms with E-state index >= 15 is 0 Å². The molecule has 1 saturated heterocycles. The molecule has 27 heavy (non-hydrogen) atoms. The third-order valence-corrected chi connectivity index (χ3v) is 7.12. The fraction of sp³-hybridized carbons (Fsp3) is 0.722. The van der Waals surface area contributed by atoms with Crippen molar-refractivity contribution in [2.45, 2.75) is 32.5 Å². The van der Waals surface area contributed by atoms with Gasteiger partial charge in [0, 0.05) is 24.6 Å². The van der Waals surface area contributed by atoms with Gasteiger partial charge in [-0.1, -0.05) is 6.92 Å². The van der Waals surface area contributed by atoms with Gasteiger partial charge in [0.2, 0.25) is 12.1 Å². The number of nitrogens with zero attached hydrogens (tertiary/aromatic N) is 2. The van der Waals surface area contributed by atoms with Crippen LogP contribution in [-0.4, -0.2) is 54.8 Å². The van der Waals surface area contributed by atoms with Crippen molar-refractivity contribution in [1.29, 1.82) is 0 Å². The smallest absolute Gasteiger partial charge is 0.202 e. The van der Waals surface area contributed by atoms with Gasteiger partial charge in [-0.15, -0.1) is 0 Å². The maximum Gasteiger partial charge on any atom is 0.202 e. The molecule has 2 fully saturated rings. The zero-order valence-corrected chi connectivity index (χ0v) is 16.5. The molecule has 1 aliphatic heterocycles. The predicted octanol–water partition coefficient (Wildman–Crippen LogP) is 1.31. The van der Waals surface area contributed by atoms with E-state index in [1.165, 1.54) is 6.20 Å². The lowest BCUT2D eigenvalue weighted by molar-refractivity contribution is -0.112. The molecule has 0 radical (unpaired) electrons. The normalized spacial score (nSPS) is 20.5. The van der Waals surface area contributed by atoms with Crippen LogP contribution in [0, 0.1) is 17.8 Å². The molecular formula is C18H26N2O6S. The van der Waals surface area contributed by atoms with Crippen LogP contribution < -0.4 is 0 Å². The zero-order chi connectivity index (χ0) is 19.6. The number of aromatic nitrogens is 2. The second kappa shape index (κ2) is 8.20. The largest absolute Gasteiger partial charge is 0.345 e. The number of carbonyl (C=O) groups is 2. The van der Waals surface area contributed by atoms with Gasteiger partial charge in [0.15, 0.2) is 15.7 Å². The lowest BCUT2D eigenvalue weighted by Crippen LogP contribution is -2.30. The molecular weight excluding hydrogens is 372 g/mol. The van der Waals surface area contributed by atoms with E-state index in [0.717, 1.165) is 19.1 Å². The van der Waals surface area contributed by atoms with Gasteiger partial charge < -0.3 is 18.8 Å². The second-order valence-corrected chi connectivity index (χ2v) is 9.67. The molecule has 0 bridgehead atoms. The van der Waals surface area contributed by atoms with E-state index in [0.29, 0.717) is 18.9 Å². The van der Waals surface area contributed by atoms with Crippen molar-refractivity contribution in [2.75, 3.05) is 24.7 Å². The average Bonchev–Trinajstić information content (AvgIpc) is 3.20. The van der Waals surface area contributed by atoms with Gasteiger partial charge >= 0.3 is 0 Å². The Kier molecular flexibility index (Phi) is 6.12. The molecule has 1 aromatic heterocycles. The van der Waals surface area contributed by atoms with Crippen molar-refractivity contribution in [3.8, 4) is 0 Å². The number of aldehydes is 1. The van der Waals surface area contributed by atoms with Crippen LogP contribution in [0.25, 0.3) is 0 Å². The number of ketones is 1. The minimum Gasteiger partial charge on any atom is -0.345 e. The fourth-order valence-corrected chi connectivity index (χ4v) is 4.61. The van der Waals surface area contributed by atoms with E-state index in [-0.39, 0.29) is 41.4 Å². The molecule has 3 rings (SSSR count). The summed E-state index contributed by atoms with van der Waals surface area (Å²) < 4.78 is 36.9. The first-order chi connectivity index (χ1) is 12.9. The van der Waals surface area contributed by atoms with Crippen molar-refractivity contribution in [2.24, 2.45) is 24.8 Å². The standard InChI is InChI=1S/C18H26N2O6S/c1-3-27(23,24)11-14(8-13(10-21)12-4-5-12)16(22)17-19-9-15(20(17)2)18-25-6-7-26-18/h9-10,12-14,18H,3-8,11H2,1-2H3. The van der Waals surface area contributed by atoms with Crippen LogP contribution in [-0.2, 0) is 31.2 Å². The van der Waals surface area contributed by atoms with Gasteiger partial charge in [0.05, 0.1) is 30.9 Å². The first-order valence-electron chi connectivity index (χ1n) is 9.31. The summed E-state index contributed by atoms with van der Waals surface area (Å²) in [5, 5.41) is 0. The van der Waals surface area contributed by atoms with Gasteiger partial charge in [0.1, 0.15) is 6.29 Å². The molecule has 2 aliphatic rings. The Bertz CT molecular complexity index is 793. The Morgan fingerprint density at radius 2 is 2.04 bits per heavy atom. The topological polar surface area (TPSA) is 105 Å². The third kappa shape index (κ3) is 4.64. The average molecular weight is 398 g/mol. The molecule has 8 nitrogen and oxygen atoms in total. The summed E-state index contributed by atoms with van der Waals surface area (Å²) >= 11 is 0. The van der Waals surface area contributed by atoms with Crippen LogP contribution in [0.4, 0.5) is 0 Å². The van der Waals surface area contributed by atoms with Crippen LogP contribution >= 0.6 is 0 Å². The summed E-state index contributed by atoms with van der Waals surface area (Å²) in [7, 11) is -1.69. The number of sulfone groups is 1. The van der Waals surface area contributed by atoms with Crippen LogP contribution in [0.1, 0.15) is 48.8 Å². The Labute approximate surface area is 159 Å². The number of Topliss-reactive ketones (excluding diaryl/α,β-unsaturated/α-hetero) is 1. The number of hydrogen-bond acceptors (Lipinski definition) is 7. The third-order valence-electron chi connectivity index (χ3n) is 5.33. The molecule has 2 atom stereocenters. The molecule has 1 aliphatic carbocycles. The maximum absolute atomic E-state index is 13.1. The molecule has 150 valence electrons. The molecule has 1 aromatic rings. The molecule has 1 saturated carbocycles. The summed E-state index contributed by atoms with van der Waals surface area (Å²) in [6.07, 6.45) is 3.95. The van der Waals surface area contributed by atoms with Crippen LogP contribution in [0.15, 0.2) is 6.20 Å². The zero-order valence-electron chi connectivity index (χ0n) is 15.7. The molecule has 0 amide bonds. The SMILES string of the molecule is CCS(=O)(=O)CC(CC(C=O)C1CC1)C(=O)c1ncc(C2OCCO2)n1C. The van der Waals surface area contributed by atoms with Crippen molar-refractivity contribution in [3.05, 3.63) is 17.7 Å². The highest BCUT2D eigenvalue weighted by molar-refractivity contribution is 7.91. The number of ether oxygens (including phenoxy) is 2. The van der Waals surface area contributed by atoms with E-state index in [9.17, 15) is 18.0 Å². The van der Waals surface area contributed by atoms with Crippen molar-refractivity contribution in [1.82, 2.24) is 9.55 Å². The molecule has 0 spiro atoms. The molecule has 0 aromatic carbocycles. The Morgan fingerprint density at radius 3 is 2.59 bits per heavy atom. The summed E-state index contributed by atoms with van der Waals surface area (Å²) in [6.45, 7) is 2.50. The van der Waals surface area contributed by atoms with Gasteiger partial charge in [-0.2, -0.15) is 0 Å². The first kappa shape index (κ1) is 20.2. The number of rotatable bonds is 10. The van der Waals surface area contributed by atoms with Crippen LogP contribution in [0.2, 0.25) is 0 Å². The number of carbonyl (C=O) groups excluding carboxylic acids is 2. The highest BCUT2D eigenvalue weighted by Crippen LogP contribution is 2.39. The van der Waals surface area contributed by atoms with Crippen molar-refractivity contribution >= 4 is 21.9 Å². The summed E-state index contributed by atoms with van der Waals surface area (Å²) in [6, 6.07) is 0. The van der Waals surface area contributed by atoms with Gasteiger partial charge in [-0.25, -0.2) is 13.4 Å². The minimum atomic E-state index is -3.38. The van der Waals surface area contributed by atoms with Gasteiger partial charge in [0.25, 0.3) is 0 Å².